The maximum atomic E-state index is 11.1. The van der Waals surface area contributed by atoms with Crippen molar-refractivity contribution in [3.63, 3.8) is 0 Å². The van der Waals surface area contributed by atoms with Gasteiger partial charge in [-0.15, -0.1) is 0 Å². The Labute approximate surface area is 119 Å². The first-order valence-corrected chi connectivity index (χ1v) is 7.27. The summed E-state index contributed by atoms with van der Waals surface area (Å²) in [4.78, 5) is 15.1. The average molecular weight is 278 g/mol. The van der Waals surface area contributed by atoms with Crippen LogP contribution in [0.2, 0.25) is 0 Å². The summed E-state index contributed by atoms with van der Waals surface area (Å²) in [5, 5.41) is 17.5. The van der Waals surface area contributed by atoms with E-state index in [2.05, 4.69) is 29.5 Å². The third kappa shape index (κ3) is 3.37. The molecule has 2 unspecified atom stereocenters. The number of nitrogens with one attached hydrogen (secondary N) is 2. The number of hydrogen-bond acceptors (Lipinski definition) is 5. The number of anilines is 2. The summed E-state index contributed by atoms with van der Waals surface area (Å²) in [7, 11) is 0. The molecule has 0 spiro atoms. The van der Waals surface area contributed by atoms with Crippen LogP contribution in [0, 0.1) is 16.0 Å². The second-order valence-electron chi connectivity index (χ2n) is 5.41. The molecule has 1 heterocycles. The van der Waals surface area contributed by atoms with E-state index in [0.717, 1.165) is 19.4 Å². The molecule has 2 atom stereocenters. The first-order valence-electron chi connectivity index (χ1n) is 7.27. The van der Waals surface area contributed by atoms with Crippen LogP contribution in [0.1, 0.15) is 39.5 Å². The molecule has 0 amide bonds. The van der Waals surface area contributed by atoms with Crippen LogP contribution >= 0.6 is 0 Å². The molecule has 110 valence electrons. The molecule has 1 aliphatic rings. The molecule has 1 aromatic rings. The van der Waals surface area contributed by atoms with Gasteiger partial charge in [-0.05, 0) is 31.2 Å². The van der Waals surface area contributed by atoms with Crippen molar-refractivity contribution in [3.8, 4) is 0 Å². The Kier molecular flexibility index (Phi) is 4.76. The van der Waals surface area contributed by atoms with Gasteiger partial charge in [-0.1, -0.05) is 20.3 Å². The molecule has 1 aromatic heterocycles. The lowest BCUT2D eigenvalue weighted by molar-refractivity contribution is -0.384. The second kappa shape index (κ2) is 6.54. The van der Waals surface area contributed by atoms with Crippen molar-refractivity contribution < 1.29 is 4.92 Å². The van der Waals surface area contributed by atoms with Crippen LogP contribution in [-0.2, 0) is 0 Å². The Hall–Kier alpha value is -1.85. The highest BCUT2D eigenvalue weighted by molar-refractivity contribution is 5.60. The molecule has 0 radical (unpaired) electrons. The van der Waals surface area contributed by atoms with E-state index < -0.39 is 0 Å². The molecule has 1 aliphatic carbocycles. The van der Waals surface area contributed by atoms with Gasteiger partial charge >= 0.3 is 5.69 Å². The Morgan fingerprint density at radius 3 is 2.85 bits per heavy atom. The first-order chi connectivity index (χ1) is 9.61. The van der Waals surface area contributed by atoms with E-state index in [9.17, 15) is 10.1 Å². The van der Waals surface area contributed by atoms with E-state index in [1.807, 2.05) is 0 Å². The minimum atomic E-state index is -0.376. The summed E-state index contributed by atoms with van der Waals surface area (Å²) < 4.78 is 0. The third-order valence-corrected chi connectivity index (χ3v) is 3.81. The van der Waals surface area contributed by atoms with Crippen molar-refractivity contribution in [3.05, 3.63) is 22.2 Å². The first kappa shape index (κ1) is 14.6. The van der Waals surface area contributed by atoms with Gasteiger partial charge in [0.2, 0.25) is 5.82 Å². The van der Waals surface area contributed by atoms with Gasteiger partial charge in [0.05, 0.1) is 4.92 Å². The van der Waals surface area contributed by atoms with Crippen LogP contribution in [-0.4, -0.2) is 22.5 Å². The normalized spacial score (nSPS) is 21.7. The number of hydrogen-bond donors (Lipinski definition) is 2. The smallest absolute Gasteiger partial charge is 0.311 e. The lowest BCUT2D eigenvalue weighted by atomic mass is 10.1. The van der Waals surface area contributed by atoms with Crippen molar-refractivity contribution >= 4 is 17.3 Å². The van der Waals surface area contributed by atoms with Crippen molar-refractivity contribution in [2.24, 2.45) is 5.92 Å². The molecule has 20 heavy (non-hydrogen) atoms. The predicted molar refractivity (Wildman–Crippen MR) is 80.1 cm³/mol. The maximum absolute atomic E-state index is 11.1. The van der Waals surface area contributed by atoms with Crippen LogP contribution in [0.15, 0.2) is 12.1 Å². The summed E-state index contributed by atoms with van der Waals surface area (Å²) in [6, 6.07) is 3.46. The molecule has 2 N–H and O–H groups in total. The van der Waals surface area contributed by atoms with E-state index in [4.69, 9.17) is 0 Å². The number of aromatic nitrogens is 1. The summed E-state index contributed by atoms with van der Waals surface area (Å²) in [5.74, 6) is 1.60. The average Bonchev–Trinajstić information content (AvgIpc) is 2.82. The standard InChI is InChI=1S/C14H22N4O2/c1-3-9-15-13-8-7-12(18(19)20)14(17-13)16-11-6-4-5-10(11)2/h7-8,10-11H,3-6,9H2,1-2H3,(H2,15,16,17). The highest BCUT2D eigenvalue weighted by atomic mass is 16.6. The molecular formula is C14H22N4O2. The molecule has 1 fully saturated rings. The summed E-state index contributed by atoms with van der Waals surface area (Å²) in [5.41, 5.74) is 0.0474. The topological polar surface area (TPSA) is 80.1 Å². The van der Waals surface area contributed by atoms with E-state index in [-0.39, 0.29) is 16.7 Å². The quantitative estimate of drug-likeness (QED) is 0.615. The van der Waals surface area contributed by atoms with Crippen molar-refractivity contribution in [2.45, 2.75) is 45.6 Å². The van der Waals surface area contributed by atoms with Gasteiger partial charge in [0.25, 0.3) is 0 Å². The highest BCUT2D eigenvalue weighted by Gasteiger charge is 2.26. The van der Waals surface area contributed by atoms with Gasteiger partial charge in [0, 0.05) is 18.7 Å². The van der Waals surface area contributed by atoms with Crippen LogP contribution < -0.4 is 10.6 Å². The van der Waals surface area contributed by atoms with Crippen molar-refractivity contribution in [1.82, 2.24) is 4.98 Å². The fraction of sp³-hybridized carbons (Fsp3) is 0.643. The van der Waals surface area contributed by atoms with Crippen molar-refractivity contribution in [2.75, 3.05) is 17.2 Å². The molecule has 0 saturated heterocycles. The van der Waals surface area contributed by atoms with Gasteiger partial charge in [-0.3, -0.25) is 10.1 Å². The van der Waals surface area contributed by atoms with Gasteiger partial charge < -0.3 is 10.6 Å². The number of nitro groups is 1. The Balaban J connectivity index is 2.19. The Bertz CT molecular complexity index is 478. The summed E-state index contributed by atoms with van der Waals surface area (Å²) in [6.07, 6.45) is 4.37. The predicted octanol–water partition coefficient (Wildman–Crippen LogP) is 3.41. The molecule has 0 bridgehead atoms. The van der Waals surface area contributed by atoms with Gasteiger partial charge in [0.15, 0.2) is 0 Å². The lowest BCUT2D eigenvalue weighted by Crippen LogP contribution is -2.23. The van der Waals surface area contributed by atoms with E-state index in [1.165, 1.54) is 18.9 Å². The maximum Gasteiger partial charge on any atom is 0.311 e. The monoisotopic (exact) mass is 278 g/mol. The minimum Gasteiger partial charge on any atom is -0.370 e. The molecule has 0 aromatic carbocycles. The van der Waals surface area contributed by atoms with E-state index in [1.54, 1.807) is 6.07 Å². The number of rotatable bonds is 6. The Morgan fingerprint density at radius 2 is 2.25 bits per heavy atom. The second-order valence-corrected chi connectivity index (χ2v) is 5.41. The fourth-order valence-electron chi connectivity index (χ4n) is 2.59. The van der Waals surface area contributed by atoms with E-state index >= 15 is 0 Å². The minimum absolute atomic E-state index is 0.0474. The third-order valence-electron chi connectivity index (χ3n) is 3.81. The Morgan fingerprint density at radius 1 is 1.45 bits per heavy atom. The zero-order valence-corrected chi connectivity index (χ0v) is 12.1. The van der Waals surface area contributed by atoms with Crippen LogP contribution in [0.25, 0.3) is 0 Å². The van der Waals surface area contributed by atoms with Crippen LogP contribution in [0.4, 0.5) is 17.3 Å². The molecule has 6 heteroatoms. The summed E-state index contributed by atoms with van der Waals surface area (Å²) >= 11 is 0. The number of nitrogens with zero attached hydrogens (tertiary/aromatic N) is 2. The molecule has 0 aliphatic heterocycles. The largest absolute Gasteiger partial charge is 0.370 e. The van der Waals surface area contributed by atoms with Gasteiger partial charge in [-0.25, -0.2) is 4.98 Å². The zero-order valence-electron chi connectivity index (χ0n) is 12.1. The highest BCUT2D eigenvalue weighted by Crippen LogP contribution is 2.31. The fourth-order valence-corrected chi connectivity index (χ4v) is 2.59. The molecule has 2 rings (SSSR count). The van der Waals surface area contributed by atoms with Crippen molar-refractivity contribution in [1.29, 1.82) is 0 Å². The van der Waals surface area contributed by atoms with Crippen LogP contribution in [0.5, 0.6) is 0 Å². The lowest BCUT2D eigenvalue weighted by Gasteiger charge is -2.18. The van der Waals surface area contributed by atoms with Gasteiger partial charge in [-0.2, -0.15) is 0 Å². The molecule has 1 saturated carbocycles. The molecule has 6 nitrogen and oxygen atoms in total. The van der Waals surface area contributed by atoms with Crippen LogP contribution in [0.3, 0.4) is 0 Å². The number of pyridine rings is 1. The summed E-state index contributed by atoms with van der Waals surface area (Å²) in [6.45, 7) is 5.05. The van der Waals surface area contributed by atoms with E-state index in [0.29, 0.717) is 17.6 Å². The molecular weight excluding hydrogens is 256 g/mol. The van der Waals surface area contributed by atoms with Gasteiger partial charge in [0.1, 0.15) is 5.82 Å². The zero-order chi connectivity index (χ0) is 14.5. The SMILES string of the molecule is CCCNc1ccc([N+](=O)[O-])c(NC2CCCC2C)n1.